The minimum Gasteiger partial charge on any atom is -0.261 e. The van der Waals surface area contributed by atoms with E-state index in [4.69, 9.17) is 34.8 Å². The molecule has 0 aromatic heterocycles. The van der Waals surface area contributed by atoms with Crippen molar-refractivity contribution in [2.24, 2.45) is 9.98 Å². The highest BCUT2D eigenvalue weighted by atomic mass is 35.5. The van der Waals surface area contributed by atoms with Crippen LogP contribution >= 0.6 is 34.8 Å². The smallest absolute Gasteiger partial charge is 0.165 e. The van der Waals surface area contributed by atoms with Crippen LogP contribution in [0.2, 0.25) is 15.1 Å². The second kappa shape index (κ2) is 9.00. The minimum absolute atomic E-state index is 0.376. The highest BCUT2D eigenvalue weighted by Gasteiger charge is 2.06. The van der Waals surface area contributed by atoms with E-state index < -0.39 is 0 Å². The van der Waals surface area contributed by atoms with Gasteiger partial charge in [-0.05, 0) is 53.1 Å². The van der Waals surface area contributed by atoms with Crippen molar-refractivity contribution in [3.8, 4) is 0 Å². The summed E-state index contributed by atoms with van der Waals surface area (Å²) in [5, 5.41) is 2.06. The molecule has 0 unspecified atom stereocenters. The van der Waals surface area contributed by atoms with Crippen LogP contribution in [-0.2, 0) is 0 Å². The molecule has 0 heterocycles. The number of hydrogen-bond acceptors (Lipinski definition) is 2. The van der Waals surface area contributed by atoms with Gasteiger partial charge in [-0.15, -0.1) is 0 Å². The fourth-order valence-corrected chi connectivity index (χ4v) is 2.63. The van der Waals surface area contributed by atoms with Crippen LogP contribution < -0.4 is 0 Å². The van der Waals surface area contributed by atoms with Gasteiger partial charge in [0.2, 0.25) is 0 Å². The van der Waals surface area contributed by atoms with Crippen LogP contribution in [0.4, 0.5) is 0 Å². The van der Waals surface area contributed by atoms with E-state index in [0.29, 0.717) is 15.1 Å². The lowest BCUT2D eigenvalue weighted by atomic mass is 10.1. The quantitative estimate of drug-likeness (QED) is 0.416. The number of nitrogens with zero attached hydrogens (tertiary/aromatic N) is 2. The van der Waals surface area contributed by atoms with Crippen LogP contribution in [0.15, 0.2) is 82.8 Å². The lowest BCUT2D eigenvalue weighted by molar-refractivity contribution is 0.787. The van der Waals surface area contributed by atoms with E-state index in [1.165, 1.54) is 0 Å². The number of hydrogen-bond donors (Lipinski definition) is 0. The fraction of sp³-hybridized carbons (Fsp3) is 0.0476. The largest absolute Gasteiger partial charge is 0.261 e. The monoisotopic (exact) mass is 400 g/mol. The Labute approximate surface area is 167 Å². The molecule has 3 aromatic carbocycles. The van der Waals surface area contributed by atoms with E-state index in [9.17, 15) is 0 Å². The minimum atomic E-state index is -0.376. The standard InChI is InChI=1S/C21H15Cl3N2/c22-18-7-1-15(2-8-18)13-25-21(17-5-11-20(24)12-6-17)26-14-16-3-9-19(23)10-4-16/h1-14,21H. The summed E-state index contributed by atoms with van der Waals surface area (Å²) in [6, 6.07) is 22.5. The van der Waals surface area contributed by atoms with Crippen molar-refractivity contribution in [2.45, 2.75) is 6.17 Å². The van der Waals surface area contributed by atoms with E-state index in [0.717, 1.165) is 16.7 Å². The Bertz CT molecular complexity index is 844. The van der Waals surface area contributed by atoms with Crippen LogP contribution in [0, 0.1) is 0 Å². The van der Waals surface area contributed by atoms with Gasteiger partial charge in [0, 0.05) is 27.5 Å². The van der Waals surface area contributed by atoms with Crippen molar-refractivity contribution in [3.63, 3.8) is 0 Å². The molecule has 130 valence electrons. The van der Waals surface area contributed by atoms with Crippen molar-refractivity contribution in [1.29, 1.82) is 0 Å². The second-order valence-electron chi connectivity index (χ2n) is 5.58. The topological polar surface area (TPSA) is 24.7 Å². The highest BCUT2D eigenvalue weighted by Crippen LogP contribution is 2.22. The Hall–Kier alpha value is -2.13. The molecule has 3 aromatic rings. The first-order valence-electron chi connectivity index (χ1n) is 7.93. The van der Waals surface area contributed by atoms with Gasteiger partial charge in [-0.2, -0.15) is 0 Å². The van der Waals surface area contributed by atoms with Gasteiger partial charge in [0.25, 0.3) is 0 Å². The van der Waals surface area contributed by atoms with Crippen LogP contribution in [0.3, 0.4) is 0 Å². The summed E-state index contributed by atoms with van der Waals surface area (Å²) in [6.45, 7) is 0. The summed E-state index contributed by atoms with van der Waals surface area (Å²) in [4.78, 5) is 9.24. The zero-order valence-electron chi connectivity index (χ0n) is 13.7. The summed E-state index contributed by atoms with van der Waals surface area (Å²) in [5.74, 6) is 0. The first kappa shape index (κ1) is 18.7. The molecule has 3 rings (SSSR count). The number of benzene rings is 3. The summed E-state index contributed by atoms with van der Waals surface area (Å²) in [5.41, 5.74) is 2.86. The maximum Gasteiger partial charge on any atom is 0.165 e. The van der Waals surface area contributed by atoms with E-state index in [2.05, 4.69) is 9.98 Å². The zero-order valence-corrected chi connectivity index (χ0v) is 16.0. The molecule has 5 heteroatoms. The van der Waals surface area contributed by atoms with E-state index in [1.54, 1.807) is 12.4 Å². The lowest BCUT2D eigenvalue weighted by Gasteiger charge is -2.08. The van der Waals surface area contributed by atoms with Gasteiger partial charge in [0.15, 0.2) is 6.17 Å². The average molecular weight is 402 g/mol. The first-order valence-corrected chi connectivity index (χ1v) is 9.06. The normalized spacial score (nSPS) is 12.7. The molecular formula is C21H15Cl3N2. The molecule has 0 N–H and O–H groups in total. The summed E-state index contributed by atoms with van der Waals surface area (Å²) < 4.78 is 0. The van der Waals surface area contributed by atoms with Crippen LogP contribution in [-0.4, -0.2) is 12.4 Å². The van der Waals surface area contributed by atoms with Crippen molar-refractivity contribution in [3.05, 3.63) is 105 Å². The van der Waals surface area contributed by atoms with Gasteiger partial charge >= 0.3 is 0 Å². The van der Waals surface area contributed by atoms with Gasteiger partial charge < -0.3 is 0 Å². The fourth-order valence-electron chi connectivity index (χ4n) is 2.26. The molecule has 0 aliphatic heterocycles. The Morgan fingerprint density at radius 1 is 0.538 bits per heavy atom. The molecule has 0 radical (unpaired) electrons. The third-order valence-corrected chi connectivity index (χ3v) is 4.39. The molecule has 0 spiro atoms. The predicted molar refractivity (Wildman–Crippen MR) is 112 cm³/mol. The van der Waals surface area contributed by atoms with Crippen molar-refractivity contribution >= 4 is 47.2 Å². The molecule has 0 saturated carbocycles. The highest BCUT2D eigenvalue weighted by molar-refractivity contribution is 6.31. The van der Waals surface area contributed by atoms with Gasteiger partial charge in [0.05, 0.1) is 0 Å². The third-order valence-electron chi connectivity index (χ3n) is 3.64. The van der Waals surface area contributed by atoms with Gasteiger partial charge in [0.1, 0.15) is 0 Å². The van der Waals surface area contributed by atoms with E-state index in [-0.39, 0.29) is 6.17 Å². The summed E-state index contributed by atoms with van der Waals surface area (Å²) in [6.07, 6.45) is 3.20. The maximum atomic E-state index is 5.99. The third kappa shape index (κ3) is 5.43. The van der Waals surface area contributed by atoms with E-state index in [1.807, 2.05) is 72.8 Å². The maximum absolute atomic E-state index is 5.99. The first-order chi connectivity index (χ1) is 12.6. The second-order valence-corrected chi connectivity index (χ2v) is 6.89. The molecule has 0 saturated heterocycles. The number of aliphatic imine (C=N–C) groups is 2. The SMILES string of the molecule is Clc1ccc(C=NC(N=Cc2ccc(Cl)cc2)c2ccc(Cl)cc2)cc1. The Balaban J connectivity index is 1.86. The molecule has 26 heavy (non-hydrogen) atoms. The summed E-state index contributed by atoms with van der Waals surface area (Å²) >= 11 is 17.8. The zero-order chi connectivity index (χ0) is 18.4. The summed E-state index contributed by atoms with van der Waals surface area (Å²) in [7, 11) is 0. The number of halogens is 3. The molecule has 0 fully saturated rings. The number of rotatable bonds is 5. The lowest BCUT2D eigenvalue weighted by Crippen LogP contribution is -1.95. The Morgan fingerprint density at radius 2 is 0.885 bits per heavy atom. The average Bonchev–Trinajstić information content (AvgIpc) is 2.65. The van der Waals surface area contributed by atoms with E-state index >= 15 is 0 Å². The Kier molecular flexibility index (Phi) is 6.45. The molecule has 0 amide bonds. The van der Waals surface area contributed by atoms with Gasteiger partial charge in [-0.25, -0.2) is 0 Å². The molecular weight excluding hydrogens is 387 g/mol. The molecule has 0 aliphatic carbocycles. The Morgan fingerprint density at radius 3 is 1.27 bits per heavy atom. The van der Waals surface area contributed by atoms with Crippen LogP contribution in [0.25, 0.3) is 0 Å². The van der Waals surface area contributed by atoms with Crippen molar-refractivity contribution in [1.82, 2.24) is 0 Å². The van der Waals surface area contributed by atoms with Gasteiger partial charge in [-0.1, -0.05) is 71.2 Å². The molecule has 0 bridgehead atoms. The molecule has 0 atom stereocenters. The molecule has 0 aliphatic rings. The van der Waals surface area contributed by atoms with Crippen LogP contribution in [0.1, 0.15) is 22.9 Å². The van der Waals surface area contributed by atoms with Crippen LogP contribution in [0.5, 0.6) is 0 Å². The van der Waals surface area contributed by atoms with Crippen molar-refractivity contribution in [2.75, 3.05) is 0 Å². The predicted octanol–water partition coefficient (Wildman–Crippen LogP) is 6.88. The van der Waals surface area contributed by atoms with Gasteiger partial charge in [-0.3, -0.25) is 9.98 Å². The van der Waals surface area contributed by atoms with Crippen molar-refractivity contribution < 1.29 is 0 Å². The molecule has 2 nitrogen and oxygen atoms in total.